The van der Waals surface area contributed by atoms with Gasteiger partial charge >= 0.3 is 31.1 Å². The van der Waals surface area contributed by atoms with E-state index >= 15 is 0 Å². The molecule has 0 unspecified atom stereocenters. The monoisotopic (exact) mass is 325 g/mol. The second-order valence-corrected chi connectivity index (χ2v) is 0.977. The van der Waals surface area contributed by atoms with Crippen LogP contribution in [0, 0.1) is 45.0 Å². The van der Waals surface area contributed by atoms with Gasteiger partial charge in [-0.15, -0.1) is 6.04 Å². The number of rotatable bonds is 0. The molecule has 0 aliphatic carbocycles. The topological polar surface area (TPSA) is 26.0 Å². The fourth-order valence-corrected chi connectivity index (χ4v) is 0. The Morgan fingerprint density at radius 3 is 1.43 bits per heavy atom. The van der Waals surface area contributed by atoms with E-state index in [-0.39, 0.29) is 37.2 Å². The zero-order valence-corrected chi connectivity index (χ0v) is 9.23. The van der Waals surface area contributed by atoms with Gasteiger partial charge in [-0.2, -0.15) is 6.92 Å². The van der Waals surface area contributed by atoms with E-state index in [0.29, 0.717) is 0 Å². The van der Waals surface area contributed by atoms with Crippen molar-refractivity contribution in [3.8, 4) is 0 Å². The molecule has 1 atom stereocenters. The van der Waals surface area contributed by atoms with Gasteiger partial charge in [0.05, 0.1) is 0 Å². The van der Waals surface area contributed by atoms with Crippen LogP contribution in [0.5, 0.6) is 0 Å². The molecule has 42 valence electrons. The first-order chi connectivity index (χ1) is 2.73. The van der Waals surface area contributed by atoms with Gasteiger partial charge in [0.25, 0.3) is 0 Å². The molecule has 0 fully saturated rings. The maximum absolute atomic E-state index is 5.00. The molecule has 0 aliphatic heterocycles. The maximum Gasteiger partial charge on any atom is 2.00 e. The molecular weight excluding hydrogens is 312 g/mol. The average molecular weight is 325 g/mol. The summed E-state index contributed by atoms with van der Waals surface area (Å²) in [6, 6.07) is 0.0833. The largest absolute Gasteiger partial charge is 2.00 e. The standard InChI is InChI=1S/C3H8N.C2H5.U/c1-3(2)4;1-2;/h3H,1,4H2,2H3;1H2,2H3;/q2*-1;+2/t3-;;/m1../s1. The van der Waals surface area contributed by atoms with Crippen LogP contribution >= 0.6 is 0 Å². The van der Waals surface area contributed by atoms with Crippen LogP contribution in [0.15, 0.2) is 0 Å². The van der Waals surface area contributed by atoms with E-state index in [0.717, 1.165) is 0 Å². The van der Waals surface area contributed by atoms with Gasteiger partial charge in [-0.3, -0.25) is 0 Å². The van der Waals surface area contributed by atoms with Crippen molar-refractivity contribution in [3.05, 3.63) is 13.8 Å². The molecule has 0 rings (SSSR count). The van der Waals surface area contributed by atoms with E-state index in [1.165, 1.54) is 0 Å². The van der Waals surface area contributed by atoms with Crippen LogP contribution in [-0.2, 0) is 0 Å². The Morgan fingerprint density at radius 1 is 1.43 bits per heavy atom. The van der Waals surface area contributed by atoms with Gasteiger partial charge in [0.15, 0.2) is 0 Å². The Balaban J connectivity index is -0.0000000480. The summed E-state index contributed by atoms with van der Waals surface area (Å²) in [6.45, 7) is 10.2. The fraction of sp³-hybridized carbons (Fsp3) is 0.600. The van der Waals surface area contributed by atoms with Crippen LogP contribution in [0.2, 0.25) is 0 Å². The first-order valence-electron chi connectivity index (χ1n) is 2.03. The normalized spacial score (nSPS) is 9.86. The summed E-state index contributed by atoms with van der Waals surface area (Å²) < 4.78 is 0. The second-order valence-electron chi connectivity index (χ2n) is 0.977. The molecule has 0 spiro atoms. The molecular formula is C5H13NU. The van der Waals surface area contributed by atoms with E-state index in [1.54, 1.807) is 6.92 Å². The number of nitrogens with two attached hydrogens (primary N) is 1. The first-order valence-corrected chi connectivity index (χ1v) is 2.03. The van der Waals surface area contributed by atoms with Crippen LogP contribution in [0.1, 0.15) is 13.8 Å². The fourth-order valence-electron chi connectivity index (χ4n) is 0. The zero-order valence-electron chi connectivity index (χ0n) is 5.07. The molecule has 0 saturated heterocycles. The second kappa shape index (κ2) is 15.7. The molecule has 0 aromatic rings. The van der Waals surface area contributed by atoms with Gasteiger partial charge in [-0.25, -0.2) is 0 Å². The molecule has 0 aliphatic rings. The molecule has 0 aromatic carbocycles. The molecule has 0 saturated carbocycles. The average Bonchev–Trinajstić information content (AvgIpc) is 1.41. The summed E-state index contributed by atoms with van der Waals surface area (Å²) in [5.41, 5.74) is 5.00. The Kier molecular flexibility index (Phi) is 35.3. The first kappa shape index (κ1) is 15.7. The zero-order chi connectivity index (χ0) is 5.58. The molecule has 0 amide bonds. The summed E-state index contributed by atoms with van der Waals surface area (Å²) in [6.07, 6.45) is 0. The molecule has 7 heavy (non-hydrogen) atoms. The van der Waals surface area contributed by atoms with Crippen molar-refractivity contribution >= 4 is 0 Å². The van der Waals surface area contributed by atoms with Crippen LogP contribution in [0.4, 0.5) is 0 Å². The Bertz CT molecular complexity index is 12.8. The number of hydrogen-bond acceptors (Lipinski definition) is 1. The van der Waals surface area contributed by atoms with Gasteiger partial charge in [0.1, 0.15) is 0 Å². The minimum absolute atomic E-state index is 0. The quantitative estimate of drug-likeness (QED) is 0.661. The third kappa shape index (κ3) is 172. The Labute approximate surface area is 70.4 Å². The third-order valence-corrected chi connectivity index (χ3v) is 0. The molecule has 0 heterocycles. The van der Waals surface area contributed by atoms with Gasteiger partial charge in [-0.05, 0) is 0 Å². The molecule has 2 heteroatoms. The van der Waals surface area contributed by atoms with Crippen molar-refractivity contribution in [1.82, 2.24) is 0 Å². The minimum atomic E-state index is 0. The summed E-state index contributed by atoms with van der Waals surface area (Å²) in [5.74, 6) is 0. The van der Waals surface area contributed by atoms with E-state index in [1.807, 2.05) is 6.92 Å². The van der Waals surface area contributed by atoms with E-state index in [4.69, 9.17) is 5.73 Å². The van der Waals surface area contributed by atoms with Crippen molar-refractivity contribution in [2.45, 2.75) is 19.9 Å². The van der Waals surface area contributed by atoms with Crippen molar-refractivity contribution in [3.63, 3.8) is 0 Å². The SMILES string of the molecule is [CH2-]C.[CH2-][C@H](C)N.[U+2]. The molecule has 1 nitrogen and oxygen atoms in total. The van der Waals surface area contributed by atoms with E-state index < -0.39 is 0 Å². The summed E-state index contributed by atoms with van der Waals surface area (Å²) in [7, 11) is 0. The summed E-state index contributed by atoms with van der Waals surface area (Å²) in [4.78, 5) is 0. The van der Waals surface area contributed by atoms with E-state index in [9.17, 15) is 0 Å². The van der Waals surface area contributed by atoms with Gasteiger partial charge in [-0.1, -0.05) is 6.92 Å². The predicted octanol–water partition coefficient (Wildman–Crippen LogP) is 1.01. The van der Waals surface area contributed by atoms with Crippen LogP contribution in [-0.4, -0.2) is 6.04 Å². The minimum Gasteiger partial charge on any atom is -0.357 e. The van der Waals surface area contributed by atoms with Crippen molar-refractivity contribution in [2.75, 3.05) is 0 Å². The van der Waals surface area contributed by atoms with Gasteiger partial charge < -0.3 is 19.6 Å². The van der Waals surface area contributed by atoms with Crippen LogP contribution < -0.4 is 5.73 Å². The van der Waals surface area contributed by atoms with Crippen molar-refractivity contribution < 1.29 is 31.1 Å². The van der Waals surface area contributed by atoms with Gasteiger partial charge in [0, 0.05) is 0 Å². The summed E-state index contributed by atoms with van der Waals surface area (Å²) >= 11 is 0. The molecule has 2 N–H and O–H groups in total. The van der Waals surface area contributed by atoms with Gasteiger partial charge in [0.2, 0.25) is 0 Å². The van der Waals surface area contributed by atoms with Crippen molar-refractivity contribution in [1.29, 1.82) is 0 Å². The smallest absolute Gasteiger partial charge is 0.357 e. The number of hydrogen-bond donors (Lipinski definition) is 1. The third-order valence-electron chi connectivity index (χ3n) is 0. The molecule has 0 aromatic heterocycles. The Hall–Kier alpha value is 1.01. The molecule has 0 bridgehead atoms. The van der Waals surface area contributed by atoms with E-state index in [2.05, 4.69) is 13.8 Å². The maximum atomic E-state index is 5.00. The Morgan fingerprint density at radius 2 is 1.43 bits per heavy atom. The summed E-state index contributed by atoms with van der Waals surface area (Å²) in [5, 5.41) is 0. The molecule has 0 radical (unpaired) electrons. The van der Waals surface area contributed by atoms with Crippen molar-refractivity contribution in [2.24, 2.45) is 5.73 Å². The van der Waals surface area contributed by atoms with Crippen LogP contribution in [0.3, 0.4) is 0 Å². The van der Waals surface area contributed by atoms with Crippen LogP contribution in [0.25, 0.3) is 0 Å². The predicted molar refractivity (Wildman–Crippen MR) is 30.0 cm³/mol.